The molecule has 5 nitrogen and oxygen atoms in total. The first-order valence-corrected chi connectivity index (χ1v) is 6.41. The quantitative estimate of drug-likeness (QED) is 0.621. The molecule has 0 radical (unpaired) electrons. The molecule has 5 heteroatoms. The maximum Gasteiger partial charge on any atom is 0.269 e. The maximum absolute atomic E-state index is 10.6. The van der Waals surface area contributed by atoms with Gasteiger partial charge in [0.15, 0.2) is 0 Å². The predicted molar refractivity (Wildman–Crippen MR) is 78.1 cm³/mol. The van der Waals surface area contributed by atoms with Crippen LogP contribution in [0.3, 0.4) is 0 Å². The number of nitrogens with zero attached hydrogens (tertiary/aromatic N) is 2. The van der Waals surface area contributed by atoms with Crippen molar-refractivity contribution in [3.63, 3.8) is 0 Å². The minimum absolute atomic E-state index is 0.0525. The van der Waals surface area contributed by atoms with E-state index in [1.54, 1.807) is 19.2 Å². The Kier molecular flexibility index (Phi) is 4.52. The highest BCUT2D eigenvalue weighted by Gasteiger charge is 2.13. The molecule has 1 unspecified atom stereocenters. The van der Waals surface area contributed by atoms with Gasteiger partial charge in [0.2, 0.25) is 0 Å². The third-order valence-corrected chi connectivity index (χ3v) is 3.26. The molecular weight excluding hydrogens is 268 g/mol. The van der Waals surface area contributed by atoms with E-state index < -0.39 is 4.92 Å². The summed E-state index contributed by atoms with van der Waals surface area (Å²) < 4.78 is 5.09. The van der Waals surface area contributed by atoms with Crippen LogP contribution in [0.25, 0.3) is 0 Å². The van der Waals surface area contributed by atoms with E-state index in [-0.39, 0.29) is 11.6 Å². The molecule has 0 aliphatic heterocycles. The van der Waals surface area contributed by atoms with E-state index in [9.17, 15) is 15.4 Å². The standard InChI is InChI=1S/C16H14N2O3/c1-21-16-8-4-13(5-9-16)14(11-17)10-12-2-6-15(7-3-12)18(19)20/h2-9,14H,10H2,1H3. The SMILES string of the molecule is COc1ccc(C(C#N)Cc2ccc([N+](=O)[O-])cc2)cc1. The molecule has 0 aromatic heterocycles. The van der Waals surface area contributed by atoms with Gasteiger partial charge in [-0.2, -0.15) is 5.26 Å². The van der Waals surface area contributed by atoms with Crippen molar-refractivity contribution in [3.05, 3.63) is 69.8 Å². The summed E-state index contributed by atoms with van der Waals surface area (Å²) in [4.78, 5) is 10.2. The van der Waals surface area contributed by atoms with Gasteiger partial charge in [0.25, 0.3) is 5.69 Å². The number of benzene rings is 2. The summed E-state index contributed by atoms with van der Waals surface area (Å²) >= 11 is 0. The van der Waals surface area contributed by atoms with Crippen LogP contribution in [0.15, 0.2) is 48.5 Å². The fourth-order valence-electron chi connectivity index (χ4n) is 2.06. The molecule has 0 spiro atoms. The molecule has 106 valence electrons. The van der Waals surface area contributed by atoms with Gasteiger partial charge in [0.05, 0.1) is 24.0 Å². The number of nitriles is 1. The van der Waals surface area contributed by atoms with Crippen molar-refractivity contribution in [3.8, 4) is 11.8 Å². The van der Waals surface area contributed by atoms with Crippen LogP contribution in [0.1, 0.15) is 17.0 Å². The van der Waals surface area contributed by atoms with Crippen LogP contribution in [-0.2, 0) is 6.42 Å². The summed E-state index contributed by atoms with van der Waals surface area (Å²) in [6.45, 7) is 0. The van der Waals surface area contributed by atoms with Gasteiger partial charge in [-0.1, -0.05) is 24.3 Å². The Morgan fingerprint density at radius 2 is 1.81 bits per heavy atom. The lowest BCUT2D eigenvalue weighted by atomic mass is 9.93. The minimum atomic E-state index is -0.435. The Bertz CT molecular complexity index is 657. The Balaban J connectivity index is 2.14. The van der Waals surface area contributed by atoms with Gasteiger partial charge in [-0.3, -0.25) is 10.1 Å². The molecule has 2 rings (SSSR count). The van der Waals surface area contributed by atoms with Crippen molar-refractivity contribution in [1.82, 2.24) is 0 Å². The number of ether oxygens (including phenoxy) is 1. The molecule has 0 N–H and O–H groups in total. The zero-order valence-electron chi connectivity index (χ0n) is 11.5. The van der Waals surface area contributed by atoms with Gasteiger partial charge in [-0.15, -0.1) is 0 Å². The average molecular weight is 282 g/mol. The van der Waals surface area contributed by atoms with Crippen LogP contribution in [0, 0.1) is 21.4 Å². The largest absolute Gasteiger partial charge is 0.497 e. The molecule has 0 bridgehead atoms. The van der Waals surface area contributed by atoms with Crippen molar-refractivity contribution in [2.45, 2.75) is 12.3 Å². The summed E-state index contributed by atoms with van der Waals surface area (Å²) in [5, 5.41) is 19.9. The number of nitro groups is 1. The first-order valence-electron chi connectivity index (χ1n) is 6.41. The van der Waals surface area contributed by atoms with Crippen LogP contribution >= 0.6 is 0 Å². The van der Waals surface area contributed by atoms with Crippen LogP contribution < -0.4 is 4.74 Å². The van der Waals surface area contributed by atoms with Crippen molar-refractivity contribution in [1.29, 1.82) is 5.26 Å². The summed E-state index contributed by atoms with van der Waals surface area (Å²) in [7, 11) is 1.59. The lowest BCUT2D eigenvalue weighted by Gasteiger charge is -2.10. The van der Waals surface area contributed by atoms with Gasteiger partial charge < -0.3 is 4.74 Å². The fraction of sp³-hybridized carbons (Fsp3) is 0.188. The average Bonchev–Trinajstić information content (AvgIpc) is 2.53. The molecule has 2 aromatic carbocycles. The van der Waals surface area contributed by atoms with E-state index in [1.165, 1.54) is 12.1 Å². The monoisotopic (exact) mass is 282 g/mol. The minimum Gasteiger partial charge on any atom is -0.497 e. The third kappa shape index (κ3) is 3.57. The molecule has 0 saturated carbocycles. The van der Waals surface area contributed by atoms with Gasteiger partial charge >= 0.3 is 0 Å². The molecular formula is C16H14N2O3. The molecule has 0 aliphatic rings. The first kappa shape index (κ1) is 14.5. The predicted octanol–water partition coefficient (Wildman–Crippen LogP) is 3.45. The number of rotatable bonds is 5. The zero-order valence-corrected chi connectivity index (χ0v) is 11.5. The molecule has 1 atom stereocenters. The lowest BCUT2D eigenvalue weighted by Crippen LogP contribution is -2.01. The smallest absolute Gasteiger partial charge is 0.269 e. The number of nitro benzene ring substituents is 1. The second kappa shape index (κ2) is 6.53. The van der Waals surface area contributed by atoms with Crippen LogP contribution in [0.2, 0.25) is 0 Å². The normalized spacial score (nSPS) is 11.4. The molecule has 0 saturated heterocycles. The summed E-state index contributed by atoms with van der Waals surface area (Å²) in [6.07, 6.45) is 0.515. The number of methoxy groups -OCH3 is 1. The second-order valence-electron chi connectivity index (χ2n) is 4.58. The topological polar surface area (TPSA) is 76.2 Å². The van der Waals surface area contributed by atoms with E-state index in [2.05, 4.69) is 6.07 Å². The number of hydrogen-bond acceptors (Lipinski definition) is 4. The van der Waals surface area contributed by atoms with Crippen LogP contribution in [-0.4, -0.2) is 12.0 Å². The number of non-ortho nitro benzene ring substituents is 1. The van der Waals surface area contributed by atoms with Gasteiger partial charge in [-0.25, -0.2) is 0 Å². The molecule has 0 fully saturated rings. The molecule has 0 heterocycles. The van der Waals surface area contributed by atoms with Gasteiger partial charge in [0, 0.05) is 12.1 Å². The van der Waals surface area contributed by atoms with Crippen molar-refractivity contribution >= 4 is 5.69 Å². The molecule has 2 aromatic rings. The molecule has 0 amide bonds. The van der Waals surface area contributed by atoms with E-state index in [0.717, 1.165) is 16.9 Å². The highest BCUT2D eigenvalue weighted by molar-refractivity contribution is 5.36. The summed E-state index contributed by atoms with van der Waals surface area (Å²) in [6, 6.07) is 15.9. The van der Waals surface area contributed by atoms with E-state index in [1.807, 2.05) is 24.3 Å². The zero-order chi connectivity index (χ0) is 15.2. The summed E-state index contributed by atoms with van der Waals surface area (Å²) in [5.41, 5.74) is 1.84. The Morgan fingerprint density at radius 1 is 1.19 bits per heavy atom. The summed E-state index contributed by atoms with van der Waals surface area (Å²) in [5.74, 6) is 0.447. The fourth-order valence-corrected chi connectivity index (χ4v) is 2.06. The van der Waals surface area contributed by atoms with Crippen LogP contribution in [0.5, 0.6) is 5.75 Å². The highest BCUT2D eigenvalue weighted by Crippen LogP contribution is 2.23. The number of hydrogen-bond donors (Lipinski definition) is 0. The Morgan fingerprint density at radius 3 is 2.29 bits per heavy atom. The van der Waals surface area contributed by atoms with E-state index >= 15 is 0 Å². The van der Waals surface area contributed by atoms with Crippen molar-refractivity contribution < 1.29 is 9.66 Å². The Labute approximate surface area is 122 Å². The van der Waals surface area contributed by atoms with Crippen LogP contribution in [0.4, 0.5) is 5.69 Å². The third-order valence-electron chi connectivity index (χ3n) is 3.26. The molecule has 21 heavy (non-hydrogen) atoms. The second-order valence-corrected chi connectivity index (χ2v) is 4.58. The van der Waals surface area contributed by atoms with Gasteiger partial charge in [0.1, 0.15) is 5.75 Å². The van der Waals surface area contributed by atoms with Crippen molar-refractivity contribution in [2.24, 2.45) is 0 Å². The maximum atomic E-state index is 10.6. The molecule has 0 aliphatic carbocycles. The van der Waals surface area contributed by atoms with Gasteiger partial charge in [-0.05, 0) is 29.7 Å². The first-order chi connectivity index (χ1) is 10.1. The highest BCUT2D eigenvalue weighted by atomic mass is 16.6. The van der Waals surface area contributed by atoms with Crippen molar-refractivity contribution in [2.75, 3.05) is 7.11 Å². The van der Waals surface area contributed by atoms with E-state index in [4.69, 9.17) is 4.74 Å². The Hall–Kier alpha value is -2.87. The van der Waals surface area contributed by atoms with E-state index in [0.29, 0.717) is 6.42 Å². The lowest BCUT2D eigenvalue weighted by molar-refractivity contribution is -0.384.